The highest BCUT2D eigenvalue weighted by atomic mass is 32.2. The van der Waals surface area contributed by atoms with Crippen molar-refractivity contribution in [3.05, 3.63) is 53.5 Å². The molecule has 176 valence electrons. The van der Waals surface area contributed by atoms with Crippen LogP contribution in [0.2, 0.25) is 0 Å². The highest BCUT2D eigenvalue weighted by Gasteiger charge is 2.13. The van der Waals surface area contributed by atoms with Crippen molar-refractivity contribution in [3.63, 3.8) is 0 Å². The summed E-state index contributed by atoms with van der Waals surface area (Å²) in [5.74, 6) is 1.41. The summed E-state index contributed by atoms with van der Waals surface area (Å²) < 4.78 is 12.3. The van der Waals surface area contributed by atoms with E-state index in [1.807, 2.05) is 30.5 Å². The number of thiazole rings is 2. The molecule has 0 bridgehead atoms. The number of carbonyl (C=O) groups is 2. The molecular formula is C23H22N4O4S3. The lowest BCUT2D eigenvalue weighted by molar-refractivity contribution is -0.116. The third-order valence-electron chi connectivity index (χ3n) is 4.49. The number of rotatable bonds is 10. The third kappa shape index (κ3) is 6.46. The SMILES string of the molecule is CCOc1ccc2nc(NC(=O)Cc3csc(SCC(=O)Nc4ccc(OC)cc4)n3)sc2c1. The number of anilines is 2. The smallest absolute Gasteiger partial charge is 0.234 e. The van der Waals surface area contributed by atoms with E-state index in [-0.39, 0.29) is 24.0 Å². The van der Waals surface area contributed by atoms with Gasteiger partial charge in [0.25, 0.3) is 0 Å². The largest absolute Gasteiger partial charge is 0.497 e. The van der Waals surface area contributed by atoms with E-state index < -0.39 is 0 Å². The second-order valence-corrected chi connectivity index (χ2v) is 10.1. The van der Waals surface area contributed by atoms with Crippen LogP contribution in [-0.4, -0.2) is 41.3 Å². The van der Waals surface area contributed by atoms with Gasteiger partial charge in [0, 0.05) is 11.1 Å². The predicted octanol–water partition coefficient (Wildman–Crippen LogP) is 5.07. The van der Waals surface area contributed by atoms with Gasteiger partial charge in [0.05, 0.1) is 41.8 Å². The Bertz CT molecular complexity index is 1290. The van der Waals surface area contributed by atoms with Gasteiger partial charge in [0.15, 0.2) is 9.47 Å². The first-order chi connectivity index (χ1) is 16.5. The zero-order valence-corrected chi connectivity index (χ0v) is 20.9. The van der Waals surface area contributed by atoms with Crippen LogP contribution in [0, 0.1) is 0 Å². The molecule has 8 nitrogen and oxygen atoms in total. The molecule has 2 amide bonds. The third-order valence-corrected chi connectivity index (χ3v) is 7.49. The van der Waals surface area contributed by atoms with E-state index in [9.17, 15) is 9.59 Å². The Balaban J connectivity index is 1.26. The summed E-state index contributed by atoms with van der Waals surface area (Å²) in [4.78, 5) is 33.6. The molecule has 0 saturated carbocycles. The van der Waals surface area contributed by atoms with Crippen molar-refractivity contribution in [2.24, 2.45) is 0 Å². The van der Waals surface area contributed by atoms with Crippen molar-refractivity contribution in [1.82, 2.24) is 9.97 Å². The van der Waals surface area contributed by atoms with Crippen LogP contribution >= 0.6 is 34.4 Å². The van der Waals surface area contributed by atoms with Gasteiger partial charge >= 0.3 is 0 Å². The molecule has 4 aromatic rings. The second kappa shape index (κ2) is 11.3. The van der Waals surface area contributed by atoms with Gasteiger partial charge in [-0.25, -0.2) is 9.97 Å². The molecule has 0 saturated heterocycles. The first-order valence-electron chi connectivity index (χ1n) is 10.4. The zero-order valence-electron chi connectivity index (χ0n) is 18.5. The lowest BCUT2D eigenvalue weighted by atomic mass is 10.3. The van der Waals surface area contributed by atoms with Crippen LogP contribution in [0.25, 0.3) is 10.2 Å². The topological polar surface area (TPSA) is 102 Å². The molecule has 0 atom stereocenters. The second-order valence-electron chi connectivity index (χ2n) is 6.98. The molecule has 0 aliphatic carbocycles. The molecule has 4 rings (SSSR count). The molecule has 0 unspecified atom stereocenters. The van der Waals surface area contributed by atoms with E-state index in [0.29, 0.717) is 23.1 Å². The highest BCUT2D eigenvalue weighted by Crippen LogP contribution is 2.29. The number of methoxy groups -OCH3 is 1. The number of thioether (sulfide) groups is 1. The average Bonchev–Trinajstić information content (AvgIpc) is 3.44. The maximum absolute atomic E-state index is 12.5. The fraction of sp³-hybridized carbons (Fsp3) is 0.217. The Morgan fingerprint density at radius 2 is 1.82 bits per heavy atom. The molecule has 2 aromatic carbocycles. The van der Waals surface area contributed by atoms with Crippen molar-refractivity contribution < 1.29 is 19.1 Å². The van der Waals surface area contributed by atoms with Gasteiger partial charge in [0.2, 0.25) is 11.8 Å². The lowest BCUT2D eigenvalue weighted by Gasteiger charge is -2.05. The minimum atomic E-state index is -0.191. The van der Waals surface area contributed by atoms with Crippen LogP contribution < -0.4 is 20.1 Å². The van der Waals surface area contributed by atoms with E-state index in [1.54, 1.807) is 31.4 Å². The first kappa shape index (κ1) is 24.0. The molecule has 11 heteroatoms. The van der Waals surface area contributed by atoms with Crippen LogP contribution in [0.3, 0.4) is 0 Å². The van der Waals surface area contributed by atoms with Crippen LogP contribution in [-0.2, 0) is 16.0 Å². The molecule has 2 aromatic heterocycles. The predicted molar refractivity (Wildman–Crippen MR) is 138 cm³/mol. The molecule has 0 radical (unpaired) electrons. The molecule has 2 heterocycles. The first-order valence-corrected chi connectivity index (χ1v) is 13.0. The van der Waals surface area contributed by atoms with Gasteiger partial charge in [-0.3, -0.25) is 9.59 Å². The fourth-order valence-corrected chi connectivity index (χ4v) is 5.53. The van der Waals surface area contributed by atoms with Gasteiger partial charge in [-0.1, -0.05) is 23.1 Å². The minimum absolute atomic E-state index is 0.131. The molecule has 34 heavy (non-hydrogen) atoms. The van der Waals surface area contributed by atoms with Gasteiger partial charge < -0.3 is 20.1 Å². The number of carbonyl (C=O) groups excluding carboxylic acids is 2. The normalized spacial score (nSPS) is 10.8. The summed E-state index contributed by atoms with van der Waals surface area (Å²) >= 11 is 4.14. The number of amides is 2. The number of hydrogen-bond donors (Lipinski definition) is 2. The van der Waals surface area contributed by atoms with E-state index in [1.165, 1.54) is 34.4 Å². The Kier molecular flexibility index (Phi) is 7.99. The maximum atomic E-state index is 12.5. The molecule has 0 aliphatic rings. The summed E-state index contributed by atoms with van der Waals surface area (Å²) in [5, 5.41) is 8.04. The molecule has 2 N–H and O–H groups in total. The Morgan fingerprint density at radius 1 is 1.03 bits per heavy atom. The number of nitrogens with zero attached hydrogens (tertiary/aromatic N) is 2. The number of benzene rings is 2. The number of hydrogen-bond acceptors (Lipinski definition) is 9. The van der Waals surface area contributed by atoms with Crippen LogP contribution in [0.1, 0.15) is 12.6 Å². The van der Waals surface area contributed by atoms with Crippen molar-refractivity contribution in [3.8, 4) is 11.5 Å². The number of nitrogens with one attached hydrogen (secondary N) is 2. The van der Waals surface area contributed by atoms with Crippen molar-refractivity contribution in [2.45, 2.75) is 17.7 Å². The highest BCUT2D eigenvalue weighted by molar-refractivity contribution is 8.01. The van der Waals surface area contributed by atoms with Crippen molar-refractivity contribution in [2.75, 3.05) is 30.1 Å². The van der Waals surface area contributed by atoms with Gasteiger partial charge in [-0.15, -0.1) is 11.3 Å². The molecule has 0 aliphatic heterocycles. The van der Waals surface area contributed by atoms with Gasteiger partial charge in [-0.2, -0.15) is 0 Å². The van der Waals surface area contributed by atoms with E-state index in [2.05, 4.69) is 20.6 Å². The Hall–Kier alpha value is -3.15. The molecule has 0 spiro atoms. The van der Waals surface area contributed by atoms with Crippen molar-refractivity contribution in [1.29, 1.82) is 0 Å². The van der Waals surface area contributed by atoms with Gasteiger partial charge in [-0.05, 0) is 49.4 Å². The summed E-state index contributed by atoms with van der Waals surface area (Å²) in [6.07, 6.45) is 0.134. The maximum Gasteiger partial charge on any atom is 0.234 e. The van der Waals surface area contributed by atoms with E-state index in [0.717, 1.165) is 26.1 Å². The van der Waals surface area contributed by atoms with E-state index in [4.69, 9.17) is 9.47 Å². The standard InChI is InChI=1S/C23H22N4O4S3/c1-3-31-17-8-9-18-19(11-17)34-22(26-18)27-20(28)10-15-12-32-23(25-15)33-13-21(29)24-14-4-6-16(30-2)7-5-14/h4-9,11-12H,3,10,13H2,1-2H3,(H,24,29)(H,26,27,28). The summed E-state index contributed by atoms with van der Waals surface area (Å²) in [6.45, 7) is 2.53. The fourth-order valence-electron chi connectivity index (χ4n) is 2.98. The summed E-state index contributed by atoms with van der Waals surface area (Å²) in [7, 11) is 1.59. The molecular weight excluding hydrogens is 492 g/mol. The average molecular weight is 515 g/mol. The summed E-state index contributed by atoms with van der Waals surface area (Å²) in [6, 6.07) is 12.8. The van der Waals surface area contributed by atoms with Gasteiger partial charge in [0.1, 0.15) is 11.5 Å². The number of aromatic nitrogens is 2. The molecule has 0 fully saturated rings. The lowest BCUT2D eigenvalue weighted by Crippen LogP contribution is -2.14. The van der Waals surface area contributed by atoms with Crippen molar-refractivity contribution >= 4 is 67.3 Å². The monoisotopic (exact) mass is 514 g/mol. The number of fused-ring (bicyclic) bond motifs is 1. The van der Waals surface area contributed by atoms with E-state index >= 15 is 0 Å². The zero-order chi connectivity index (χ0) is 23.9. The quantitative estimate of drug-likeness (QED) is 0.285. The Labute approximate surface area is 208 Å². The minimum Gasteiger partial charge on any atom is -0.497 e. The Morgan fingerprint density at radius 3 is 2.59 bits per heavy atom. The van der Waals surface area contributed by atoms with Crippen LogP contribution in [0.15, 0.2) is 52.2 Å². The summed E-state index contributed by atoms with van der Waals surface area (Å²) in [5.41, 5.74) is 2.16. The van der Waals surface area contributed by atoms with Crippen LogP contribution in [0.5, 0.6) is 11.5 Å². The number of ether oxygens (including phenoxy) is 2. The van der Waals surface area contributed by atoms with Crippen LogP contribution in [0.4, 0.5) is 10.8 Å².